The lowest BCUT2D eigenvalue weighted by Crippen LogP contribution is -2.31. The van der Waals surface area contributed by atoms with Gasteiger partial charge in [0, 0.05) is 11.5 Å². The van der Waals surface area contributed by atoms with Gasteiger partial charge in [-0.1, -0.05) is 43.3 Å². The zero-order valence-corrected chi connectivity index (χ0v) is 12.2. The molecule has 110 valence electrons. The first-order chi connectivity index (χ1) is 10.2. The molecule has 0 spiro atoms. The van der Waals surface area contributed by atoms with Crippen LogP contribution in [-0.4, -0.2) is 24.3 Å². The third-order valence-electron chi connectivity index (χ3n) is 3.31. The van der Waals surface area contributed by atoms with Gasteiger partial charge in [0.1, 0.15) is 18.1 Å². The molecule has 0 aromatic heterocycles. The normalized spacial score (nSPS) is 10.3. The van der Waals surface area contributed by atoms with Crippen molar-refractivity contribution >= 4 is 12.6 Å². The molecule has 21 heavy (non-hydrogen) atoms. The topological polar surface area (TPSA) is 58.9 Å². The fourth-order valence-electron chi connectivity index (χ4n) is 2.15. The van der Waals surface area contributed by atoms with Gasteiger partial charge in [0.15, 0.2) is 0 Å². The Morgan fingerprint density at radius 1 is 1.05 bits per heavy atom. The maximum atomic E-state index is 9.39. The van der Waals surface area contributed by atoms with Crippen molar-refractivity contribution in [2.75, 3.05) is 7.11 Å². The molecule has 0 atom stereocenters. The SMILES string of the molecule is CCc1cc(B(O)O)c(OC)cc1OCc1ccccc1. The zero-order chi connectivity index (χ0) is 15.2. The number of ether oxygens (including phenoxy) is 2. The Hall–Kier alpha value is -1.98. The van der Waals surface area contributed by atoms with Gasteiger partial charge in [-0.3, -0.25) is 0 Å². The minimum atomic E-state index is -1.56. The highest BCUT2D eigenvalue weighted by Crippen LogP contribution is 2.25. The number of rotatable bonds is 6. The number of hydrogen-bond acceptors (Lipinski definition) is 4. The van der Waals surface area contributed by atoms with E-state index in [1.807, 2.05) is 37.3 Å². The highest BCUT2D eigenvalue weighted by atomic mass is 16.5. The van der Waals surface area contributed by atoms with E-state index in [9.17, 15) is 10.0 Å². The van der Waals surface area contributed by atoms with E-state index in [0.717, 1.165) is 17.5 Å². The summed E-state index contributed by atoms with van der Waals surface area (Å²) in [7, 11) is -0.0678. The Morgan fingerprint density at radius 2 is 1.76 bits per heavy atom. The molecule has 5 heteroatoms. The summed E-state index contributed by atoms with van der Waals surface area (Å²) in [6, 6.07) is 13.3. The Kier molecular flexibility index (Phi) is 5.25. The highest BCUT2D eigenvalue weighted by molar-refractivity contribution is 6.59. The summed E-state index contributed by atoms with van der Waals surface area (Å²) in [5, 5.41) is 18.8. The first kappa shape index (κ1) is 15.4. The van der Waals surface area contributed by atoms with Gasteiger partial charge in [0.2, 0.25) is 0 Å². The van der Waals surface area contributed by atoms with E-state index in [4.69, 9.17) is 9.47 Å². The number of methoxy groups -OCH3 is 1. The van der Waals surface area contributed by atoms with Crippen molar-refractivity contribution in [3.8, 4) is 11.5 Å². The van der Waals surface area contributed by atoms with Gasteiger partial charge in [-0.2, -0.15) is 0 Å². The second-order valence-electron chi connectivity index (χ2n) is 4.70. The molecule has 4 nitrogen and oxygen atoms in total. The molecular weight excluding hydrogens is 267 g/mol. The monoisotopic (exact) mass is 286 g/mol. The average Bonchev–Trinajstić information content (AvgIpc) is 2.52. The van der Waals surface area contributed by atoms with Crippen molar-refractivity contribution < 1.29 is 19.5 Å². The van der Waals surface area contributed by atoms with Crippen LogP contribution in [0.25, 0.3) is 0 Å². The summed E-state index contributed by atoms with van der Waals surface area (Å²) in [6.07, 6.45) is 0.730. The summed E-state index contributed by atoms with van der Waals surface area (Å²) >= 11 is 0. The van der Waals surface area contributed by atoms with Crippen LogP contribution in [0.15, 0.2) is 42.5 Å². The maximum absolute atomic E-state index is 9.39. The Morgan fingerprint density at radius 3 is 2.33 bits per heavy atom. The fraction of sp³-hybridized carbons (Fsp3) is 0.250. The molecular formula is C16H19BO4. The van der Waals surface area contributed by atoms with Crippen LogP contribution in [0.1, 0.15) is 18.1 Å². The van der Waals surface area contributed by atoms with Crippen LogP contribution in [0.3, 0.4) is 0 Å². The molecule has 0 aliphatic carbocycles. The molecule has 0 amide bonds. The fourth-order valence-corrected chi connectivity index (χ4v) is 2.15. The molecule has 2 aromatic carbocycles. The lowest BCUT2D eigenvalue weighted by Gasteiger charge is -2.15. The number of benzene rings is 2. The van der Waals surface area contributed by atoms with Gasteiger partial charge in [0.25, 0.3) is 0 Å². The van der Waals surface area contributed by atoms with Crippen LogP contribution in [0.5, 0.6) is 11.5 Å². The van der Waals surface area contributed by atoms with Gasteiger partial charge in [0.05, 0.1) is 7.11 Å². The molecule has 0 heterocycles. The van der Waals surface area contributed by atoms with E-state index in [1.54, 1.807) is 12.1 Å². The molecule has 2 aromatic rings. The quantitative estimate of drug-likeness (QED) is 0.790. The van der Waals surface area contributed by atoms with Crippen molar-refractivity contribution in [2.45, 2.75) is 20.0 Å². The Balaban J connectivity index is 2.25. The second kappa shape index (κ2) is 7.15. The van der Waals surface area contributed by atoms with E-state index in [-0.39, 0.29) is 0 Å². The number of hydrogen-bond donors (Lipinski definition) is 2. The summed E-state index contributed by atoms with van der Waals surface area (Å²) in [5.74, 6) is 1.10. The van der Waals surface area contributed by atoms with Gasteiger partial charge in [-0.05, 0) is 17.5 Å². The summed E-state index contributed by atoms with van der Waals surface area (Å²) in [6.45, 7) is 2.45. The van der Waals surface area contributed by atoms with Crippen molar-refractivity contribution in [1.29, 1.82) is 0 Å². The summed E-state index contributed by atoms with van der Waals surface area (Å²) < 4.78 is 11.0. The molecule has 0 bridgehead atoms. The molecule has 0 saturated heterocycles. The minimum Gasteiger partial charge on any atom is -0.497 e. The first-order valence-corrected chi connectivity index (χ1v) is 6.89. The minimum absolute atomic E-state index is 0.349. The van der Waals surface area contributed by atoms with E-state index < -0.39 is 7.12 Å². The summed E-state index contributed by atoms with van der Waals surface area (Å²) in [4.78, 5) is 0. The van der Waals surface area contributed by atoms with Crippen molar-refractivity contribution in [3.05, 3.63) is 53.6 Å². The average molecular weight is 286 g/mol. The molecule has 0 saturated carbocycles. The largest absolute Gasteiger partial charge is 0.497 e. The highest BCUT2D eigenvalue weighted by Gasteiger charge is 2.20. The summed E-state index contributed by atoms with van der Waals surface area (Å²) in [5.41, 5.74) is 2.33. The molecule has 0 unspecified atom stereocenters. The molecule has 0 aliphatic rings. The third-order valence-corrected chi connectivity index (χ3v) is 3.31. The van der Waals surface area contributed by atoms with Gasteiger partial charge < -0.3 is 19.5 Å². The molecule has 0 aliphatic heterocycles. The van der Waals surface area contributed by atoms with Crippen molar-refractivity contribution in [2.24, 2.45) is 0 Å². The van der Waals surface area contributed by atoms with Gasteiger partial charge >= 0.3 is 7.12 Å². The van der Waals surface area contributed by atoms with E-state index >= 15 is 0 Å². The second-order valence-corrected chi connectivity index (χ2v) is 4.70. The smallest absolute Gasteiger partial charge is 0.492 e. The molecule has 2 N–H and O–H groups in total. The van der Waals surface area contributed by atoms with Crippen molar-refractivity contribution in [1.82, 2.24) is 0 Å². The predicted octanol–water partition coefficient (Wildman–Crippen LogP) is 1.52. The van der Waals surface area contributed by atoms with Gasteiger partial charge in [-0.15, -0.1) is 0 Å². The van der Waals surface area contributed by atoms with E-state index in [0.29, 0.717) is 23.6 Å². The van der Waals surface area contributed by atoms with Crippen molar-refractivity contribution in [3.63, 3.8) is 0 Å². The Bertz CT molecular complexity index is 584. The molecule has 2 rings (SSSR count). The number of aryl methyl sites for hydroxylation is 1. The van der Waals surface area contributed by atoms with Crippen LogP contribution >= 0.6 is 0 Å². The van der Waals surface area contributed by atoms with E-state index in [2.05, 4.69) is 0 Å². The molecule has 0 radical (unpaired) electrons. The lowest BCUT2D eigenvalue weighted by atomic mass is 9.78. The van der Waals surface area contributed by atoms with E-state index in [1.165, 1.54) is 7.11 Å². The van der Waals surface area contributed by atoms with Gasteiger partial charge in [-0.25, -0.2) is 0 Å². The first-order valence-electron chi connectivity index (χ1n) is 6.89. The standard InChI is InChI=1S/C16H19BO4/c1-3-13-9-14(17(18)19)16(20-2)10-15(13)21-11-12-7-5-4-6-8-12/h4-10,18-19H,3,11H2,1-2H3. The van der Waals surface area contributed by atoms with Crippen LogP contribution in [0.2, 0.25) is 0 Å². The van der Waals surface area contributed by atoms with Crippen LogP contribution < -0.4 is 14.9 Å². The van der Waals surface area contributed by atoms with Crippen LogP contribution in [-0.2, 0) is 13.0 Å². The molecule has 0 fully saturated rings. The third kappa shape index (κ3) is 3.77. The maximum Gasteiger partial charge on any atom is 0.492 e. The van der Waals surface area contributed by atoms with Crippen LogP contribution in [0.4, 0.5) is 0 Å². The Labute approximate surface area is 125 Å². The van der Waals surface area contributed by atoms with Crippen LogP contribution in [0, 0.1) is 0 Å². The lowest BCUT2D eigenvalue weighted by molar-refractivity contribution is 0.300. The zero-order valence-electron chi connectivity index (χ0n) is 12.2. The predicted molar refractivity (Wildman–Crippen MR) is 83.0 cm³/mol.